The van der Waals surface area contributed by atoms with E-state index in [0.717, 1.165) is 0 Å². The van der Waals surface area contributed by atoms with Gasteiger partial charge in [-0.3, -0.25) is 0 Å². The van der Waals surface area contributed by atoms with Gasteiger partial charge in [-0.05, 0) is 42.8 Å². The van der Waals surface area contributed by atoms with Gasteiger partial charge in [-0.1, -0.05) is 11.6 Å². The third-order valence-electron chi connectivity index (χ3n) is 2.58. The zero-order valence-corrected chi connectivity index (χ0v) is 12.0. The lowest BCUT2D eigenvalue weighted by Gasteiger charge is -2.09. The van der Waals surface area contributed by atoms with Crippen LogP contribution >= 0.6 is 11.6 Å². The summed E-state index contributed by atoms with van der Waals surface area (Å²) >= 11 is 5.65. The van der Waals surface area contributed by atoms with E-state index in [-0.39, 0.29) is 9.92 Å². The molecule has 20 heavy (non-hydrogen) atoms. The van der Waals surface area contributed by atoms with E-state index in [0.29, 0.717) is 17.1 Å². The van der Waals surface area contributed by atoms with E-state index in [1.54, 1.807) is 6.92 Å². The molecule has 0 atom stereocenters. The van der Waals surface area contributed by atoms with Crippen molar-refractivity contribution in [2.45, 2.75) is 11.8 Å². The zero-order chi connectivity index (χ0) is 14.9. The molecule has 2 rings (SSSR count). The fourth-order valence-corrected chi connectivity index (χ4v) is 2.62. The van der Waals surface area contributed by atoms with Crippen LogP contribution in [0.15, 0.2) is 41.3 Å². The quantitative estimate of drug-likeness (QED) is 0.945. The summed E-state index contributed by atoms with van der Waals surface area (Å²) < 4.78 is 41.1. The van der Waals surface area contributed by atoms with Gasteiger partial charge in [0, 0.05) is 6.07 Å². The summed E-state index contributed by atoms with van der Waals surface area (Å²) in [6.45, 7) is 1.60. The Labute approximate surface area is 121 Å². The lowest BCUT2D eigenvalue weighted by molar-refractivity contribution is 0.479. The Balaban J connectivity index is 2.31. The number of rotatable bonds is 3. The summed E-state index contributed by atoms with van der Waals surface area (Å²) in [5, 5.41) is 5.01. The third kappa shape index (κ3) is 3.27. The molecule has 106 valence electrons. The van der Waals surface area contributed by atoms with E-state index in [1.807, 2.05) is 0 Å². The molecule has 0 saturated carbocycles. The van der Waals surface area contributed by atoms with Crippen molar-refractivity contribution in [2.75, 3.05) is 0 Å². The van der Waals surface area contributed by atoms with Crippen molar-refractivity contribution in [1.82, 2.24) is 0 Å². The van der Waals surface area contributed by atoms with Crippen molar-refractivity contribution in [2.24, 2.45) is 5.14 Å². The van der Waals surface area contributed by atoms with Gasteiger partial charge in [0.2, 0.25) is 10.0 Å². The lowest BCUT2D eigenvalue weighted by Crippen LogP contribution is -2.13. The fourth-order valence-electron chi connectivity index (χ4n) is 1.68. The normalized spacial score (nSPS) is 11.4. The number of benzene rings is 2. The van der Waals surface area contributed by atoms with Crippen LogP contribution in [0.5, 0.6) is 11.5 Å². The van der Waals surface area contributed by atoms with Gasteiger partial charge in [0.05, 0.1) is 9.92 Å². The number of sulfonamides is 1. The standard InChI is InChI=1S/C13H11ClFNO3S/c1-8-6-9(3-5-13(8)20(16,17)18)19-10-2-4-12(15)11(14)7-10/h2-7H,1H3,(H2,16,17,18). The molecule has 0 heterocycles. The topological polar surface area (TPSA) is 69.4 Å². The predicted molar refractivity (Wildman–Crippen MR) is 74.0 cm³/mol. The van der Waals surface area contributed by atoms with Crippen molar-refractivity contribution in [3.05, 3.63) is 52.8 Å². The van der Waals surface area contributed by atoms with Crippen LogP contribution in [0.25, 0.3) is 0 Å². The Morgan fingerprint density at radius 1 is 1.15 bits per heavy atom. The first-order valence-electron chi connectivity index (χ1n) is 5.54. The molecule has 4 nitrogen and oxygen atoms in total. The highest BCUT2D eigenvalue weighted by molar-refractivity contribution is 7.89. The Bertz CT molecular complexity index is 762. The molecule has 0 spiro atoms. The third-order valence-corrected chi connectivity index (χ3v) is 3.94. The molecule has 0 unspecified atom stereocenters. The Hall–Kier alpha value is -1.63. The second-order valence-electron chi connectivity index (χ2n) is 4.15. The van der Waals surface area contributed by atoms with Crippen LogP contribution in [0.1, 0.15) is 5.56 Å². The predicted octanol–water partition coefficient (Wildman–Crippen LogP) is 3.23. The molecule has 0 aliphatic carbocycles. The Morgan fingerprint density at radius 3 is 2.30 bits per heavy atom. The monoisotopic (exact) mass is 315 g/mol. The van der Waals surface area contributed by atoms with Crippen molar-refractivity contribution < 1.29 is 17.5 Å². The number of hydrogen-bond acceptors (Lipinski definition) is 3. The molecule has 0 bridgehead atoms. The summed E-state index contributed by atoms with van der Waals surface area (Å²) in [5.41, 5.74) is 0.457. The Morgan fingerprint density at radius 2 is 1.75 bits per heavy atom. The molecule has 0 fully saturated rings. The van der Waals surface area contributed by atoms with Crippen LogP contribution in [0.3, 0.4) is 0 Å². The molecule has 0 aliphatic rings. The number of ether oxygens (including phenoxy) is 1. The molecule has 0 saturated heterocycles. The molecule has 0 aliphatic heterocycles. The molecule has 2 N–H and O–H groups in total. The zero-order valence-electron chi connectivity index (χ0n) is 10.4. The summed E-state index contributed by atoms with van der Waals surface area (Å²) in [6, 6.07) is 8.28. The van der Waals surface area contributed by atoms with Crippen molar-refractivity contribution in [3.8, 4) is 11.5 Å². The first-order valence-corrected chi connectivity index (χ1v) is 7.46. The average molecular weight is 316 g/mol. The summed E-state index contributed by atoms with van der Waals surface area (Å²) in [6.07, 6.45) is 0. The molecular formula is C13H11ClFNO3S. The van der Waals surface area contributed by atoms with Crippen LogP contribution in [-0.2, 0) is 10.0 Å². The van der Waals surface area contributed by atoms with E-state index in [4.69, 9.17) is 21.5 Å². The summed E-state index contributed by atoms with van der Waals surface area (Å²) in [4.78, 5) is 0.0296. The van der Waals surface area contributed by atoms with Crippen molar-refractivity contribution in [1.29, 1.82) is 0 Å². The maximum absolute atomic E-state index is 13.0. The molecule has 0 amide bonds. The lowest BCUT2D eigenvalue weighted by atomic mass is 10.2. The minimum atomic E-state index is -3.76. The maximum Gasteiger partial charge on any atom is 0.238 e. The first kappa shape index (κ1) is 14.8. The summed E-state index contributed by atoms with van der Waals surface area (Å²) in [5.74, 6) is 0.205. The fraction of sp³-hybridized carbons (Fsp3) is 0.0769. The average Bonchev–Trinajstić information content (AvgIpc) is 2.32. The second kappa shape index (κ2) is 5.40. The highest BCUT2D eigenvalue weighted by Crippen LogP contribution is 2.28. The van der Waals surface area contributed by atoms with Gasteiger partial charge in [0.15, 0.2) is 0 Å². The van der Waals surface area contributed by atoms with E-state index in [1.165, 1.54) is 36.4 Å². The van der Waals surface area contributed by atoms with Gasteiger partial charge in [-0.25, -0.2) is 17.9 Å². The number of hydrogen-bond donors (Lipinski definition) is 1. The highest BCUT2D eigenvalue weighted by Gasteiger charge is 2.12. The second-order valence-corrected chi connectivity index (χ2v) is 6.09. The maximum atomic E-state index is 13.0. The molecule has 7 heteroatoms. The minimum Gasteiger partial charge on any atom is -0.457 e. The molecule has 0 radical (unpaired) electrons. The van der Waals surface area contributed by atoms with E-state index >= 15 is 0 Å². The van der Waals surface area contributed by atoms with Crippen LogP contribution in [0, 0.1) is 12.7 Å². The van der Waals surface area contributed by atoms with Gasteiger partial charge >= 0.3 is 0 Å². The Kier molecular flexibility index (Phi) is 3.99. The van der Waals surface area contributed by atoms with Crippen molar-refractivity contribution in [3.63, 3.8) is 0 Å². The van der Waals surface area contributed by atoms with E-state index < -0.39 is 15.8 Å². The smallest absolute Gasteiger partial charge is 0.238 e. The van der Waals surface area contributed by atoms with E-state index in [9.17, 15) is 12.8 Å². The molecular weight excluding hydrogens is 305 g/mol. The van der Waals surface area contributed by atoms with Crippen molar-refractivity contribution >= 4 is 21.6 Å². The van der Waals surface area contributed by atoms with Gasteiger partial charge in [0.1, 0.15) is 17.3 Å². The van der Waals surface area contributed by atoms with Gasteiger partial charge in [-0.2, -0.15) is 0 Å². The van der Waals surface area contributed by atoms with Gasteiger partial charge in [0.25, 0.3) is 0 Å². The highest BCUT2D eigenvalue weighted by atomic mass is 35.5. The number of aryl methyl sites for hydroxylation is 1. The van der Waals surface area contributed by atoms with Crippen LogP contribution in [-0.4, -0.2) is 8.42 Å². The number of halogens is 2. The van der Waals surface area contributed by atoms with Crippen LogP contribution in [0.4, 0.5) is 4.39 Å². The van der Waals surface area contributed by atoms with Gasteiger partial charge < -0.3 is 4.74 Å². The number of primary sulfonamides is 1. The molecule has 0 aromatic heterocycles. The largest absolute Gasteiger partial charge is 0.457 e. The first-order chi connectivity index (χ1) is 9.27. The molecule has 2 aromatic rings. The number of nitrogens with two attached hydrogens (primary N) is 1. The van der Waals surface area contributed by atoms with Gasteiger partial charge in [-0.15, -0.1) is 0 Å². The van der Waals surface area contributed by atoms with E-state index in [2.05, 4.69) is 0 Å². The summed E-state index contributed by atoms with van der Waals surface area (Å²) in [7, 11) is -3.76. The SMILES string of the molecule is Cc1cc(Oc2ccc(F)c(Cl)c2)ccc1S(N)(=O)=O. The minimum absolute atomic E-state index is 0.0296. The molecule has 2 aromatic carbocycles. The van der Waals surface area contributed by atoms with Crippen LogP contribution in [0.2, 0.25) is 5.02 Å². The van der Waals surface area contributed by atoms with Crippen LogP contribution < -0.4 is 9.88 Å².